The Bertz CT molecular complexity index is 292. The molecule has 0 unspecified atom stereocenters. The van der Waals surface area contributed by atoms with E-state index in [1.165, 1.54) is 25.7 Å². The van der Waals surface area contributed by atoms with Gasteiger partial charge in [0, 0.05) is 25.6 Å². The number of likely N-dealkylation sites (tertiary alicyclic amines) is 1. The minimum atomic E-state index is 0.0357. The summed E-state index contributed by atoms with van der Waals surface area (Å²) < 4.78 is 0. The van der Waals surface area contributed by atoms with Crippen molar-refractivity contribution in [1.82, 2.24) is 10.2 Å². The van der Waals surface area contributed by atoms with Gasteiger partial charge in [-0.2, -0.15) is 0 Å². The van der Waals surface area contributed by atoms with Crippen LogP contribution in [0.1, 0.15) is 58.3 Å². The van der Waals surface area contributed by atoms with Gasteiger partial charge in [-0.05, 0) is 39.0 Å². The predicted molar refractivity (Wildman–Crippen MR) is 82.3 cm³/mol. The predicted octanol–water partition coefficient (Wildman–Crippen LogP) is 2.43. The molecule has 0 saturated carbocycles. The molecule has 1 aliphatic heterocycles. The van der Waals surface area contributed by atoms with E-state index in [9.17, 15) is 4.79 Å². The van der Waals surface area contributed by atoms with Crippen molar-refractivity contribution in [2.24, 2.45) is 0 Å². The van der Waals surface area contributed by atoms with Gasteiger partial charge in [0.2, 0.25) is 5.91 Å². The lowest BCUT2D eigenvalue weighted by Gasteiger charge is -2.21. The van der Waals surface area contributed by atoms with Gasteiger partial charge < -0.3 is 10.0 Å². The maximum Gasteiger partial charge on any atom is 0.222 e. The number of unbranched alkanes of at least 4 members (excludes halogenated alkanes) is 4. The zero-order valence-electron chi connectivity index (χ0n) is 12.8. The molecule has 0 radical (unpaired) electrons. The average molecular weight is 282 g/mol. The van der Waals surface area contributed by atoms with Crippen LogP contribution in [0.5, 0.6) is 0 Å². The molecule has 0 aromatic carbocycles. The van der Waals surface area contributed by atoms with E-state index >= 15 is 0 Å². The zero-order valence-corrected chi connectivity index (χ0v) is 12.8. The first kappa shape index (κ1) is 17.2. The molecule has 1 heterocycles. The van der Waals surface area contributed by atoms with Gasteiger partial charge in [-0.1, -0.05) is 25.0 Å². The molecule has 0 aromatic rings. The Morgan fingerprint density at radius 2 is 2.10 bits per heavy atom. The summed E-state index contributed by atoms with van der Waals surface area (Å²) >= 11 is 0. The van der Waals surface area contributed by atoms with Crippen molar-refractivity contribution in [2.45, 2.75) is 64.3 Å². The first-order chi connectivity index (χ1) is 9.75. The number of hydrogen-bond acceptors (Lipinski definition) is 3. The number of hydrogen-bond donors (Lipinski definition) is 2. The number of nitrogens with one attached hydrogen (secondary N) is 1. The summed E-state index contributed by atoms with van der Waals surface area (Å²) in [4.78, 5) is 14.0. The summed E-state index contributed by atoms with van der Waals surface area (Å²) in [7, 11) is 0. The third kappa shape index (κ3) is 7.06. The molecule has 20 heavy (non-hydrogen) atoms. The number of carbonyl (C=O) groups is 1. The van der Waals surface area contributed by atoms with Crippen LogP contribution in [0.15, 0.2) is 12.2 Å². The van der Waals surface area contributed by atoms with Gasteiger partial charge in [-0.3, -0.25) is 10.1 Å². The molecule has 0 bridgehead atoms. The molecule has 4 heteroatoms. The highest BCUT2D eigenvalue weighted by Gasteiger charge is 2.24. The fourth-order valence-electron chi connectivity index (χ4n) is 2.69. The first-order valence-electron chi connectivity index (χ1n) is 8.01. The Morgan fingerprint density at radius 3 is 2.80 bits per heavy atom. The molecule has 4 nitrogen and oxygen atoms in total. The van der Waals surface area contributed by atoms with E-state index in [-0.39, 0.29) is 6.73 Å². The molecule has 1 saturated heterocycles. The van der Waals surface area contributed by atoms with Crippen molar-refractivity contribution in [3.63, 3.8) is 0 Å². The number of amides is 1. The van der Waals surface area contributed by atoms with Crippen LogP contribution in [0.2, 0.25) is 0 Å². The minimum Gasteiger partial charge on any atom is -0.381 e. The topological polar surface area (TPSA) is 52.6 Å². The number of aliphatic hydroxyl groups excluding tert-OH is 1. The third-order valence-electron chi connectivity index (χ3n) is 3.93. The summed E-state index contributed by atoms with van der Waals surface area (Å²) in [6, 6.07) is 0.458. The standard InChI is InChI=1S/C16H30N2O2/c1-15-10-9-13-18(15)16(20)11-7-5-3-2-4-6-8-12-17-14-19/h6,8,15,17,19H,2-5,7,9-14H2,1H3/b8-6-/t15-/m1/s1. The van der Waals surface area contributed by atoms with Crippen LogP contribution >= 0.6 is 0 Å². The van der Waals surface area contributed by atoms with E-state index in [0.717, 1.165) is 38.8 Å². The van der Waals surface area contributed by atoms with Crippen molar-refractivity contribution in [3.05, 3.63) is 12.2 Å². The lowest BCUT2D eigenvalue weighted by molar-refractivity contribution is -0.131. The van der Waals surface area contributed by atoms with Gasteiger partial charge in [-0.15, -0.1) is 0 Å². The van der Waals surface area contributed by atoms with E-state index in [1.807, 2.05) is 0 Å². The summed E-state index contributed by atoms with van der Waals surface area (Å²) in [6.45, 7) is 3.89. The van der Waals surface area contributed by atoms with Crippen LogP contribution in [0.3, 0.4) is 0 Å². The van der Waals surface area contributed by atoms with Crippen molar-refractivity contribution < 1.29 is 9.90 Å². The zero-order chi connectivity index (χ0) is 14.6. The van der Waals surface area contributed by atoms with E-state index in [1.54, 1.807) is 0 Å². The maximum atomic E-state index is 12.0. The van der Waals surface area contributed by atoms with Crippen LogP contribution in [-0.2, 0) is 4.79 Å². The summed E-state index contributed by atoms with van der Waals surface area (Å²) in [5.41, 5.74) is 0. The lowest BCUT2D eigenvalue weighted by atomic mass is 10.1. The Morgan fingerprint density at radius 1 is 1.30 bits per heavy atom. The number of aliphatic hydroxyl groups is 1. The molecule has 116 valence electrons. The van der Waals surface area contributed by atoms with Crippen LogP contribution in [0.25, 0.3) is 0 Å². The summed E-state index contributed by atoms with van der Waals surface area (Å²) in [5.74, 6) is 0.352. The molecule has 1 amide bonds. The van der Waals surface area contributed by atoms with E-state index < -0.39 is 0 Å². The van der Waals surface area contributed by atoms with Gasteiger partial charge in [-0.25, -0.2) is 0 Å². The highest BCUT2D eigenvalue weighted by Crippen LogP contribution is 2.18. The highest BCUT2D eigenvalue weighted by atomic mass is 16.3. The molecule has 0 aromatic heterocycles. The molecular formula is C16H30N2O2. The van der Waals surface area contributed by atoms with Gasteiger partial charge in [0.1, 0.15) is 0 Å². The Kier molecular flexibility index (Phi) is 9.33. The fourth-order valence-corrected chi connectivity index (χ4v) is 2.69. The maximum absolute atomic E-state index is 12.0. The molecule has 2 N–H and O–H groups in total. The van der Waals surface area contributed by atoms with Gasteiger partial charge in [0.05, 0.1) is 6.73 Å². The third-order valence-corrected chi connectivity index (χ3v) is 3.93. The van der Waals surface area contributed by atoms with Crippen LogP contribution in [0, 0.1) is 0 Å². The number of rotatable bonds is 10. The van der Waals surface area contributed by atoms with Gasteiger partial charge in [0.15, 0.2) is 0 Å². The summed E-state index contributed by atoms with van der Waals surface area (Å²) in [6.07, 6.45) is 12.9. The Hall–Kier alpha value is -0.870. The Labute approximate surface area is 123 Å². The normalized spacial score (nSPS) is 19.1. The second-order valence-electron chi connectivity index (χ2n) is 5.61. The lowest BCUT2D eigenvalue weighted by Crippen LogP contribution is -2.33. The number of carbonyl (C=O) groups excluding carboxylic acids is 1. The van der Waals surface area contributed by atoms with Gasteiger partial charge in [0.25, 0.3) is 0 Å². The monoisotopic (exact) mass is 282 g/mol. The SMILES string of the molecule is C[C@@H]1CCCN1C(=O)CCCCCC/C=C\CNCO. The van der Waals surface area contributed by atoms with Crippen LogP contribution in [0.4, 0.5) is 0 Å². The second kappa shape index (κ2) is 10.9. The second-order valence-corrected chi connectivity index (χ2v) is 5.61. The van der Waals surface area contributed by atoms with Crippen LogP contribution in [-0.4, -0.2) is 41.8 Å². The average Bonchev–Trinajstić information content (AvgIpc) is 2.87. The summed E-state index contributed by atoms with van der Waals surface area (Å²) in [5, 5.41) is 11.4. The molecule has 1 fully saturated rings. The van der Waals surface area contributed by atoms with E-state index in [4.69, 9.17) is 5.11 Å². The number of allylic oxidation sites excluding steroid dienone is 1. The largest absolute Gasteiger partial charge is 0.381 e. The van der Waals surface area contributed by atoms with Crippen molar-refractivity contribution in [2.75, 3.05) is 19.8 Å². The van der Waals surface area contributed by atoms with E-state index in [0.29, 0.717) is 11.9 Å². The molecule has 1 aliphatic rings. The van der Waals surface area contributed by atoms with Crippen molar-refractivity contribution in [1.29, 1.82) is 0 Å². The van der Waals surface area contributed by atoms with Crippen molar-refractivity contribution in [3.8, 4) is 0 Å². The first-order valence-corrected chi connectivity index (χ1v) is 8.01. The van der Waals surface area contributed by atoms with Crippen molar-refractivity contribution >= 4 is 5.91 Å². The van der Waals surface area contributed by atoms with Crippen LogP contribution < -0.4 is 5.32 Å². The minimum absolute atomic E-state index is 0.0357. The Balaban J connectivity index is 1.92. The molecule has 0 aliphatic carbocycles. The molecule has 0 spiro atoms. The molecule has 1 atom stereocenters. The fraction of sp³-hybridized carbons (Fsp3) is 0.812. The smallest absolute Gasteiger partial charge is 0.222 e. The molecule has 1 rings (SSSR count). The quantitative estimate of drug-likeness (QED) is 0.367. The highest BCUT2D eigenvalue weighted by molar-refractivity contribution is 5.76. The molecular weight excluding hydrogens is 252 g/mol. The number of nitrogens with zero attached hydrogens (tertiary/aromatic N) is 1. The van der Waals surface area contributed by atoms with Gasteiger partial charge >= 0.3 is 0 Å². The van der Waals surface area contributed by atoms with E-state index in [2.05, 4.69) is 29.3 Å².